The molecule has 150 valence electrons. The molecule has 0 saturated heterocycles. The Kier molecular flexibility index (Phi) is 7.22. The minimum absolute atomic E-state index is 0.106. The molecule has 1 atom stereocenters. The third-order valence-corrected chi connectivity index (χ3v) is 5.30. The van der Waals surface area contributed by atoms with Gasteiger partial charge in [-0.15, -0.1) is 0 Å². The van der Waals surface area contributed by atoms with E-state index in [1.54, 1.807) is 0 Å². The summed E-state index contributed by atoms with van der Waals surface area (Å²) >= 11 is 6.35. The van der Waals surface area contributed by atoms with Crippen molar-refractivity contribution in [3.05, 3.63) is 89.3 Å². The number of rotatable bonds is 5. The van der Waals surface area contributed by atoms with Crippen LogP contribution in [0.3, 0.4) is 0 Å². The van der Waals surface area contributed by atoms with Gasteiger partial charge in [0.1, 0.15) is 5.82 Å². The van der Waals surface area contributed by atoms with Gasteiger partial charge in [-0.05, 0) is 24.1 Å². The van der Waals surface area contributed by atoms with Crippen molar-refractivity contribution in [1.29, 1.82) is 0 Å². The van der Waals surface area contributed by atoms with Gasteiger partial charge >= 0.3 is 0 Å². The van der Waals surface area contributed by atoms with Crippen LogP contribution in [0.25, 0.3) is 10.9 Å². The maximum Gasteiger partial charge on any atom is 0.212 e. The fourth-order valence-corrected chi connectivity index (χ4v) is 3.84. The molecule has 5 nitrogen and oxygen atoms in total. The second-order valence-electron chi connectivity index (χ2n) is 6.69. The molecule has 1 N–H and O–H groups in total. The van der Waals surface area contributed by atoms with E-state index < -0.39 is 0 Å². The van der Waals surface area contributed by atoms with Gasteiger partial charge < -0.3 is 5.32 Å². The van der Waals surface area contributed by atoms with E-state index in [2.05, 4.69) is 46.5 Å². The maximum absolute atomic E-state index is 10.7. The Hall–Kier alpha value is -2.89. The molecule has 0 radical (unpaired) electrons. The summed E-state index contributed by atoms with van der Waals surface area (Å²) in [6.07, 6.45) is 3.36. The lowest BCUT2D eigenvalue weighted by atomic mass is 10.1. The summed E-state index contributed by atoms with van der Waals surface area (Å²) in [6, 6.07) is 22.4. The predicted molar refractivity (Wildman–Crippen MR) is 118 cm³/mol. The van der Waals surface area contributed by atoms with Crippen LogP contribution < -0.4 is 5.32 Å². The highest BCUT2D eigenvalue weighted by Crippen LogP contribution is 2.32. The number of pyridine rings is 1. The Labute approximate surface area is 176 Å². The molecule has 29 heavy (non-hydrogen) atoms. The first-order valence-corrected chi connectivity index (χ1v) is 9.97. The fraction of sp³-hybridized carbons (Fsp3) is 0.217. The molecule has 1 aliphatic rings. The third kappa shape index (κ3) is 4.94. The van der Waals surface area contributed by atoms with Crippen molar-refractivity contribution in [2.75, 3.05) is 7.05 Å². The standard InChI is InChI=1S/C14H18ClN3O.C9H7N/c1-3-12-13(15)14(16-10-19)17(2)18(12)9-11-7-5-4-6-8-11;1-2-6-9-8(4-1)5-3-7-10-9/h4-8,10,12H,3,9H2,1-2H3,(H,16,19);1-7H. The van der Waals surface area contributed by atoms with Gasteiger partial charge in [0.15, 0.2) is 0 Å². The van der Waals surface area contributed by atoms with Crippen LogP contribution >= 0.6 is 11.6 Å². The van der Waals surface area contributed by atoms with Gasteiger partial charge in [0.2, 0.25) is 6.41 Å². The summed E-state index contributed by atoms with van der Waals surface area (Å²) in [7, 11) is 1.91. The monoisotopic (exact) mass is 408 g/mol. The minimum Gasteiger partial charge on any atom is -0.313 e. The number of amides is 1. The minimum atomic E-state index is 0.106. The zero-order valence-corrected chi connectivity index (χ0v) is 17.4. The van der Waals surface area contributed by atoms with Crippen LogP contribution in [0.5, 0.6) is 0 Å². The van der Waals surface area contributed by atoms with Crippen LogP contribution in [-0.4, -0.2) is 34.5 Å². The third-order valence-electron chi connectivity index (χ3n) is 4.87. The van der Waals surface area contributed by atoms with E-state index in [1.165, 1.54) is 10.9 Å². The summed E-state index contributed by atoms with van der Waals surface area (Å²) in [5.74, 6) is 0.666. The number of halogens is 1. The molecule has 2 heterocycles. The van der Waals surface area contributed by atoms with E-state index in [0.29, 0.717) is 17.3 Å². The molecular weight excluding hydrogens is 384 g/mol. The number of carbonyl (C=O) groups excluding carboxylic acids is 1. The number of hydrazine groups is 1. The average Bonchev–Trinajstić information content (AvgIpc) is 2.99. The zero-order valence-electron chi connectivity index (χ0n) is 16.6. The number of aromatic nitrogens is 1. The quantitative estimate of drug-likeness (QED) is 0.631. The van der Waals surface area contributed by atoms with E-state index in [9.17, 15) is 4.79 Å². The first-order chi connectivity index (χ1) is 14.2. The Balaban J connectivity index is 0.000000200. The summed E-state index contributed by atoms with van der Waals surface area (Å²) in [6.45, 7) is 2.85. The lowest BCUT2D eigenvalue weighted by Gasteiger charge is -2.32. The molecule has 1 aliphatic heterocycles. The largest absolute Gasteiger partial charge is 0.313 e. The van der Waals surface area contributed by atoms with Gasteiger partial charge in [-0.1, -0.05) is 73.1 Å². The van der Waals surface area contributed by atoms with Gasteiger partial charge in [0, 0.05) is 25.2 Å². The van der Waals surface area contributed by atoms with E-state index in [0.717, 1.165) is 18.5 Å². The first-order valence-electron chi connectivity index (χ1n) is 9.59. The number of fused-ring (bicyclic) bond motifs is 1. The summed E-state index contributed by atoms with van der Waals surface area (Å²) < 4.78 is 0. The summed E-state index contributed by atoms with van der Waals surface area (Å²) in [5, 5.41) is 8.63. The highest BCUT2D eigenvalue weighted by atomic mass is 35.5. The summed E-state index contributed by atoms with van der Waals surface area (Å²) in [4.78, 5) is 14.8. The Morgan fingerprint density at radius 1 is 1.07 bits per heavy atom. The van der Waals surface area contributed by atoms with Crippen molar-refractivity contribution in [3.8, 4) is 0 Å². The lowest BCUT2D eigenvalue weighted by Crippen LogP contribution is -2.41. The molecule has 0 fully saturated rings. The Morgan fingerprint density at radius 3 is 2.45 bits per heavy atom. The van der Waals surface area contributed by atoms with Crippen LogP contribution in [0.4, 0.5) is 0 Å². The fourth-order valence-electron chi connectivity index (χ4n) is 3.39. The molecule has 3 aromatic rings. The smallest absolute Gasteiger partial charge is 0.212 e. The lowest BCUT2D eigenvalue weighted by molar-refractivity contribution is -0.109. The number of nitrogens with one attached hydrogen (secondary N) is 1. The van der Waals surface area contributed by atoms with Crippen molar-refractivity contribution in [3.63, 3.8) is 0 Å². The maximum atomic E-state index is 10.7. The number of para-hydroxylation sites is 1. The van der Waals surface area contributed by atoms with Crippen molar-refractivity contribution in [2.24, 2.45) is 0 Å². The summed E-state index contributed by atoms with van der Waals surface area (Å²) in [5.41, 5.74) is 2.27. The van der Waals surface area contributed by atoms with Crippen molar-refractivity contribution < 1.29 is 4.79 Å². The van der Waals surface area contributed by atoms with Gasteiger partial charge in [-0.2, -0.15) is 0 Å². The van der Waals surface area contributed by atoms with Crippen LogP contribution in [0.15, 0.2) is 83.8 Å². The predicted octanol–water partition coefficient (Wildman–Crippen LogP) is 4.52. The molecule has 1 aromatic heterocycles. The van der Waals surface area contributed by atoms with Gasteiger partial charge in [0.25, 0.3) is 0 Å². The van der Waals surface area contributed by atoms with E-state index >= 15 is 0 Å². The molecule has 2 aromatic carbocycles. The molecule has 1 amide bonds. The van der Waals surface area contributed by atoms with Crippen molar-refractivity contribution in [1.82, 2.24) is 20.3 Å². The first kappa shape index (κ1) is 20.8. The van der Waals surface area contributed by atoms with Crippen LogP contribution in [0, 0.1) is 0 Å². The number of hydrogen-bond acceptors (Lipinski definition) is 4. The Morgan fingerprint density at radius 2 is 1.76 bits per heavy atom. The number of benzene rings is 2. The van der Waals surface area contributed by atoms with Gasteiger partial charge in [-0.3, -0.25) is 14.8 Å². The van der Waals surface area contributed by atoms with Crippen LogP contribution in [0.1, 0.15) is 18.9 Å². The molecule has 0 aliphatic carbocycles. The normalized spacial score (nSPS) is 16.5. The molecule has 0 spiro atoms. The molecular formula is C23H25ClN4O. The number of nitrogens with zero attached hydrogens (tertiary/aromatic N) is 3. The van der Waals surface area contributed by atoms with Gasteiger partial charge in [-0.25, -0.2) is 5.01 Å². The SMILES string of the molecule is CCC1C(Cl)=C(NC=O)N(C)N1Cc1ccccc1.c1ccc2ncccc2c1. The molecule has 0 saturated carbocycles. The molecule has 0 bridgehead atoms. The van der Waals surface area contributed by atoms with Crippen LogP contribution in [0.2, 0.25) is 0 Å². The highest BCUT2D eigenvalue weighted by molar-refractivity contribution is 6.30. The Bertz CT molecular complexity index is 911. The topological polar surface area (TPSA) is 48.5 Å². The van der Waals surface area contributed by atoms with Crippen LogP contribution in [-0.2, 0) is 11.3 Å². The number of hydrogen-bond donors (Lipinski definition) is 1. The molecule has 6 heteroatoms. The molecule has 1 unspecified atom stereocenters. The molecule has 4 rings (SSSR count). The highest BCUT2D eigenvalue weighted by Gasteiger charge is 2.34. The second kappa shape index (κ2) is 10.0. The second-order valence-corrected chi connectivity index (χ2v) is 7.09. The van der Waals surface area contributed by atoms with Crippen molar-refractivity contribution in [2.45, 2.75) is 25.9 Å². The van der Waals surface area contributed by atoms with E-state index in [-0.39, 0.29) is 6.04 Å². The number of carbonyl (C=O) groups is 1. The van der Waals surface area contributed by atoms with Crippen molar-refractivity contribution >= 4 is 28.9 Å². The average molecular weight is 409 g/mol. The van der Waals surface area contributed by atoms with Gasteiger partial charge in [0.05, 0.1) is 16.6 Å². The zero-order chi connectivity index (χ0) is 20.6. The van der Waals surface area contributed by atoms with E-state index in [1.807, 2.05) is 60.7 Å². The van der Waals surface area contributed by atoms with E-state index in [4.69, 9.17) is 11.6 Å².